The molecule has 0 aliphatic carbocycles. The summed E-state index contributed by atoms with van der Waals surface area (Å²) in [5.74, 6) is -0.703. The van der Waals surface area contributed by atoms with Gasteiger partial charge in [-0.1, -0.05) is 36.2 Å². The smallest absolute Gasteiger partial charge is 0.416 e. The lowest BCUT2D eigenvalue weighted by Crippen LogP contribution is -2.47. The van der Waals surface area contributed by atoms with Gasteiger partial charge in [0.05, 0.1) is 18.7 Å². The Kier molecular flexibility index (Phi) is 6.39. The van der Waals surface area contributed by atoms with Crippen molar-refractivity contribution in [2.45, 2.75) is 37.5 Å². The predicted octanol–water partition coefficient (Wildman–Crippen LogP) is 5.40. The summed E-state index contributed by atoms with van der Waals surface area (Å²) >= 11 is 6.16. The molecule has 2 unspecified atom stereocenters. The van der Waals surface area contributed by atoms with Gasteiger partial charge in [0.25, 0.3) is 0 Å². The molecule has 2 atom stereocenters. The van der Waals surface area contributed by atoms with Crippen LogP contribution < -0.4 is 4.74 Å². The standard InChI is InChI=1S/C21H21ClF3NO3/c1-29-18-10-9-13(22)12-15(18)19(26-11-5-4-8-17(26)20(27)28)14-6-2-3-7-16(14)21(23,24)25/h2-3,6-7,9-10,12,17,19H,4-5,8,11H2,1H3,(H,27,28). The Hall–Kier alpha value is -2.25. The van der Waals surface area contributed by atoms with Crippen LogP contribution in [0.15, 0.2) is 42.5 Å². The summed E-state index contributed by atoms with van der Waals surface area (Å²) in [5.41, 5.74) is -0.416. The van der Waals surface area contributed by atoms with E-state index >= 15 is 0 Å². The second-order valence-corrected chi connectivity index (χ2v) is 7.40. The molecule has 0 spiro atoms. The Morgan fingerprint density at radius 3 is 2.59 bits per heavy atom. The fourth-order valence-corrected chi connectivity index (χ4v) is 4.15. The van der Waals surface area contributed by atoms with Crippen molar-refractivity contribution in [3.05, 3.63) is 64.2 Å². The van der Waals surface area contributed by atoms with Crippen molar-refractivity contribution >= 4 is 17.6 Å². The molecule has 29 heavy (non-hydrogen) atoms. The maximum absolute atomic E-state index is 13.8. The van der Waals surface area contributed by atoms with E-state index in [1.807, 2.05) is 0 Å². The minimum Gasteiger partial charge on any atom is -0.496 e. The number of rotatable bonds is 5. The average Bonchev–Trinajstić information content (AvgIpc) is 2.68. The van der Waals surface area contributed by atoms with Crippen LogP contribution in [-0.2, 0) is 11.0 Å². The number of methoxy groups -OCH3 is 1. The molecule has 0 radical (unpaired) electrons. The maximum atomic E-state index is 13.8. The third-order valence-corrected chi connectivity index (χ3v) is 5.44. The molecule has 2 aromatic carbocycles. The molecule has 1 saturated heterocycles. The van der Waals surface area contributed by atoms with E-state index in [0.717, 1.165) is 6.07 Å². The summed E-state index contributed by atoms with van der Waals surface area (Å²) in [7, 11) is 1.42. The van der Waals surface area contributed by atoms with Gasteiger partial charge in [0.15, 0.2) is 0 Å². The monoisotopic (exact) mass is 427 g/mol. The van der Waals surface area contributed by atoms with Crippen molar-refractivity contribution in [1.82, 2.24) is 4.90 Å². The van der Waals surface area contributed by atoms with Crippen LogP contribution in [-0.4, -0.2) is 35.7 Å². The van der Waals surface area contributed by atoms with Crippen LogP contribution in [0.4, 0.5) is 13.2 Å². The fourth-order valence-electron chi connectivity index (χ4n) is 3.97. The number of carbonyl (C=O) groups is 1. The molecule has 4 nitrogen and oxygen atoms in total. The average molecular weight is 428 g/mol. The lowest BCUT2D eigenvalue weighted by molar-refractivity contribution is -0.145. The predicted molar refractivity (Wildman–Crippen MR) is 103 cm³/mol. The molecule has 1 aliphatic heterocycles. The van der Waals surface area contributed by atoms with Crippen LogP contribution in [0.1, 0.15) is 42.0 Å². The zero-order chi connectivity index (χ0) is 21.2. The number of likely N-dealkylation sites (tertiary alicyclic amines) is 1. The molecule has 0 saturated carbocycles. The molecule has 1 N–H and O–H groups in total. The highest BCUT2D eigenvalue weighted by Gasteiger charge is 2.41. The topological polar surface area (TPSA) is 49.8 Å². The molecule has 2 aromatic rings. The van der Waals surface area contributed by atoms with Gasteiger partial charge in [-0.2, -0.15) is 13.2 Å². The van der Waals surface area contributed by atoms with Gasteiger partial charge in [-0.15, -0.1) is 0 Å². The number of aliphatic carboxylic acids is 1. The number of hydrogen-bond donors (Lipinski definition) is 1. The molecule has 8 heteroatoms. The number of alkyl halides is 3. The Balaban J connectivity index is 2.27. The number of carboxylic acid groups (broad SMARTS) is 1. The van der Waals surface area contributed by atoms with E-state index in [4.69, 9.17) is 16.3 Å². The summed E-state index contributed by atoms with van der Waals surface area (Å²) in [4.78, 5) is 13.5. The minimum absolute atomic E-state index is 0.0197. The van der Waals surface area contributed by atoms with E-state index in [2.05, 4.69) is 0 Å². The Morgan fingerprint density at radius 1 is 1.21 bits per heavy atom. The van der Waals surface area contributed by atoms with Gasteiger partial charge < -0.3 is 9.84 Å². The lowest BCUT2D eigenvalue weighted by Gasteiger charge is -2.40. The zero-order valence-electron chi connectivity index (χ0n) is 15.7. The number of ether oxygens (including phenoxy) is 1. The SMILES string of the molecule is COc1ccc(Cl)cc1C(c1ccccc1C(F)(F)F)N1CCCCC1C(=O)O. The number of benzene rings is 2. The van der Waals surface area contributed by atoms with Crippen LogP contribution in [0.2, 0.25) is 5.02 Å². The summed E-state index contributed by atoms with van der Waals surface area (Å²) in [6.45, 7) is 0.351. The molecule has 0 amide bonds. The van der Waals surface area contributed by atoms with Crippen molar-refractivity contribution in [2.75, 3.05) is 13.7 Å². The van der Waals surface area contributed by atoms with Crippen molar-refractivity contribution in [3.63, 3.8) is 0 Å². The van der Waals surface area contributed by atoms with Crippen LogP contribution in [0.3, 0.4) is 0 Å². The number of carboxylic acids is 1. The van der Waals surface area contributed by atoms with Gasteiger partial charge >= 0.3 is 12.1 Å². The Bertz CT molecular complexity index is 888. The first-order valence-corrected chi connectivity index (χ1v) is 9.60. The molecule has 1 aliphatic rings. The van der Waals surface area contributed by atoms with E-state index in [0.29, 0.717) is 42.1 Å². The van der Waals surface area contributed by atoms with E-state index in [1.165, 1.54) is 25.3 Å². The largest absolute Gasteiger partial charge is 0.496 e. The minimum atomic E-state index is -4.59. The number of halogens is 4. The third-order valence-electron chi connectivity index (χ3n) is 5.21. The van der Waals surface area contributed by atoms with Crippen molar-refractivity contribution in [1.29, 1.82) is 0 Å². The van der Waals surface area contributed by atoms with Gasteiger partial charge in [-0.05, 0) is 49.2 Å². The molecular formula is C21H21ClF3NO3. The molecule has 1 heterocycles. The van der Waals surface area contributed by atoms with Crippen LogP contribution in [0, 0.1) is 0 Å². The summed E-state index contributed by atoms with van der Waals surface area (Å²) in [5, 5.41) is 10.1. The fraction of sp³-hybridized carbons (Fsp3) is 0.381. The highest BCUT2D eigenvalue weighted by molar-refractivity contribution is 6.30. The van der Waals surface area contributed by atoms with Gasteiger partial charge in [-0.25, -0.2) is 0 Å². The number of piperidine rings is 1. The molecule has 156 valence electrons. The zero-order valence-corrected chi connectivity index (χ0v) is 16.5. The van der Waals surface area contributed by atoms with Crippen LogP contribution in [0.5, 0.6) is 5.75 Å². The molecule has 1 fully saturated rings. The quantitative estimate of drug-likeness (QED) is 0.694. The first-order valence-electron chi connectivity index (χ1n) is 9.22. The number of nitrogens with zero attached hydrogens (tertiary/aromatic N) is 1. The van der Waals surface area contributed by atoms with Crippen molar-refractivity contribution < 1.29 is 27.8 Å². The van der Waals surface area contributed by atoms with Crippen molar-refractivity contribution in [3.8, 4) is 5.75 Å². The molecule has 0 aromatic heterocycles. The van der Waals surface area contributed by atoms with E-state index in [1.54, 1.807) is 23.1 Å². The first-order chi connectivity index (χ1) is 13.7. The van der Waals surface area contributed by atoms with Crippen molar-refractivity contribution in [2.24, 2.45) is 0 Å². The summed E-state index contributed by atoms with van der Waals surface area (Å²) in [6, 6.07) is 8.09. The van der Waals surface area contributed by atoms with Crippen LogP contribution in [0.25, 0.3) is 0 Å². The summed E-state index contributed by atoms with van der Waals surface area (Å²) in [6.07, 6.45) is -2.83. The number of hydrogen-bond acceptors (Lipinski definition) is 3. The van der Waals surface area contributed by atoms with E-state index in [9.17, 15) is 23.1 Å². The van der Waals surface area contributed by atoms with E-state index < -0.39 is 29.8 Å². The van der Waals surface area contributed by atoms with Gasteiger partial charge in [0.2, 0.25) is 0 Å². The highest BCUT2D eigenvalue weighted by atomic mass is 35.5. The van der Waals surface area contributed by atoms with Gasteiger partial charge in [0, 0.05) is 10.6 Å². The second kappa shape index (κ2) is 8.63. The molecule has 3 rings (SSSR count). The van der Waals surface area contributed by atoms with Gasteiger partial charge in [0.1, 0.15) is 11.8 Å². The second-order valence-electron chi connectivity index (χ2n) is 6.96. The third kappa shape index (κ3) is 4.51. The lowest BCUT2D eigenvalue weighted by atomic mass is 9.88. The summed E-state index contributed by atoms with van der Waals surface area (Å²) < 4.78 is 46.9. The Labute approximate surface area is 171 Å². The van der Waals surface area contributed by atoms with Crippen LogP contribution >= 0.6 is 11.6 Å². The first kappa shape index (κ1) is 21.5. The molecule has 0 bridgehead atoms. The molecular weight excluding hydrogens is 407 g/mol. The maximum Gasteiger partial charge on any atom is 0.416 e. The van der Waals surface area contributed by atoms with E-state index in [-0.39, 0.29) is 5.56 Å². The Morgan fingerprint density at radius 2 is 1.93 bits per heavy atom. The van der Waals surface area contributed by atoms with Gasteiger partial charge in [-0.3, -0.25) is 9.69 Å². The highest BCUT2D eigenvalue weighted by Crippen LogP contribution is 2.44. The normalized spacial score (nSPS) is 19.0.